The van der Waals surface area contributed by atoms with Gasteiger partial charge in [0.1, 0.15) is 0 Å². The van der Waals surface area contributed by atoms with Gasteiger partial charge in [-0.1, -0.05) is 13.8 Å². The van der Waals surface area contributed by atoms with Gasteiger partial charge in [0, 0.05) is 13.6 Å². The number of hydrogen-bond acceptors (Lipinski definition) is 3. The van der Waals surface area contributed by atoms with Gasteiger partial charge in [0.15, 0.2) is 0 Å². The third-order valence-corrected chi connectivity index (χ3v) is 3.72. The van der Waals surface area contributed by atoms with Gasteiger partial charge in [0.2, 0.25) is 0 Å². The van der Waals surface area contributed by atoms with E-state index in [0.717, 1.165) is 29.8 Å². The molecule has 0 saturated heterocycles. The zero-order chi connectivity index (χ0) is 12.4. The predicted molar refractivity (Wildman–Crippen MR) is 70.0 cm³/mol. The molecule has 0 spiro atoms. The molecule has 1 aromatic heterocycles. The average Bonchev–Trinajstić information content (AvgIpc) is 3.04. The highest BCUT2D eigenvalue weighted by Gasteiger charge is 2.33. The van der Waals surface area contributed by atoms with Crippen LogP contribution in [0.4, 0.5) is 5.69 Å². The lowest BCUT2D eigenvalue weighted by Gasteiger charge is -2.19. The maximum Gasteiger partial charge on any atom is 0.0957 e. The second-order valence-electron chi connectivity index (χ2n) is 5.22. The Morgan fingerprint density at radius 3 is 2.71 bits per heavy atom. The largest absolute Gasteiger partial charge is 0.387 e. The Bertz CT molecular complexity index is 363. The molecule has 3 unspecified atom stereocenters. The van der Waals surface area contributed by atoms with Crippen LogP contribution in [0, 0.1) is 11.8 Å². The molecule has 0 radical (unpaired) electrons. The molecule has 1 aromatic rings. The van der Waals surface area contributed by atoms with Crippen LogP contribution >= 0.6 is 0 Å². The minimum Gasteiger partial charge on any atom is -0.387 e. The summed E-state index contributed by atoms with van der Waals surface area (Å²) in [4.78, 5) is 6.58. The Labute approximate surface area is 103 Å². The SMILES string of the molecule is CCC(O)c1ccc(N(C)CC2CC2C)cn1. The summed E-state index contributed by atoms with van der Waals surface area (Å²) < 4.78 is 0. The Kier molecular flexibility index (Phi) is 3.67. The zero-order valence-electron chi connectivity index (χ0n) is 10.9. The van der Waals surface area contributed by atoms with E-state index in [-0.39, 0.29) is 0 Å². The molecule has 1 aliphatic carbocycles. The minimum absolute atomic E-state index is 0.433. The number of anilines is 1. The third-order valence-electron chi connectivity index (χ3n) is 3.72. The fourth-order valence-electron chi connectivity index (χ4n) is 2.14. The Morgan fingerprint density at radius 1 is 1.53 bits per heavy atom. The second-order valence-corrected chi connectivity index (χ2v) is 5.22. The van der Waals surface area contributed by atoms with Crippen molar-refractivity contribution in [3.63, 3.8) is 0 Å². The third kappa shape index (κ3) is 2.97. The summed E-state index contributed by atoms with van der Waals surface area (Å²) in [6, 6.07) is 3.98. The molecule has 1 N–H and O–H groups in total. The first-order valence-corrected chi connectivity index (χ1v) is 6.47. The van der Waals surface area contributed by atoms with Crippen LogP contribution in [-0.4, -0.2) is 23.7 Å². The lowest BCUT2D eigenvalue weighted by Crippen LogP contribution is -2.20. The number of hydrogen-bond donors (Lipinski definition) is 1. The smallest absolute Gasteiger partial charge is 0.0957 e. The first-order valence-electron chi connectivity index (χ1n) is 6.47. The number of rotatable bonds is 5. The van der Waals surface area contributed by atoms with Crippen molar-refractivity contribution in [2.45, 2.75) is 32.8 Å². The number of nitrogens with zero attached hydrogens (tertiary/aromatic N) is 2. The minimum atomic E-state index is -0.433. The molecule has 0 aliphatic heterocycles. The number of pyridine rings is 1. The maximum absolute atomic E-state index is 9.67. The topological polar surface area (TPSA) is 36.4 Å². The molecule has 1 saturated carbocycles. The normalized spacial score (nSPS) is 24.5. The lowest BCUT2D eigenvalue weighted by atomic mass is 10.2. The van der Waals surface area contributed by atoms with E-state index in [9.17, 15) is 5.11 Å². The standard InChI is InChI=1S/C14H22N2O/c1-4-14(17)13-6-5-12(8-15-13)16(3)9-11-7-10(11)2/h5-6,8,10-11,14,17H,4,7,9H2,1-3H3. The van der Waals surface area contributed by atoms with E-state index in [2.05, 4.69) is 23.9 Å². The molecular formula is C14H22N2O. The van der Waals surface area contributed by atoms with Crippen LogP contribution in [-0.2, 0) is 0 Å². The molecule has 1 aliphatic rings. The average molecular weight is 234 g/mol. The summed E-state index contributed by atoms with van der Waals surface area (Å²) in [7, 11) is 2.11. The molecule has 3 heteroatoms. The van der Waals surface area contributed by atoms with Crippen LogP contribution in [0.3, 0.4) is 0 Å². The van der Waals surface area contributed by atoms with Gasteiger partial charge in [0.25, 0.3) is 0 Å². The molecule has 94 valence electrons. The van der Waals surface area contributed by atoms with Crippen LogP contribution in [0.15, 0.2) is 18.3 Å². The van der Waals surface area contributed by atoms with Crippen molar-refractivity contribution in [3.05, 3.63) is 24.0 Å². The fourth-order valence-corrected chi connectivity index (χ4v) is 2.14. The van der Waals surface area contributed by atoms with Gasteiger partial charge in [0.05, 0.1) is 23.7 Å². The molecular weight excluding hydrogens is 212 g/mol. The van der Waals surface area contributed by atoms with Crippen molar-refractivity contribution in [2.75, 3.05) is 18.5 Å². The molecule has 3 nitrogen and oxygen atoms in total. The molecule has 1 heterocycles. The van der Waals surface area contributed by atoms with E-state index < -0.39 is 6.10 Å². The van der Waals surface area contributed by atoms with E-state index in [4.69, 9.17) is 0 Å². The second kappa shape index (κ2) is 5.05. The summed E-state index contributed by atoms with van der Waals surface area (Å²) in [5, 5.41) is 9.67. The van der Waals surface area contributed by atoms with Gasteiger partial charge in [-0.2, -0.15) is 0 Å². The van der Waals surface area contributed by atoms with Gasteiger partial charge < -0.3 is 10.0 Å². The molecule has 1 fully saturated rings. The van der Waals surface area contributed by atoms with Crippen molar-refractivity contribution in [1.29, 1.82) is 0 Å². The number of aliphatic hydroxyl groups is 1. The van der Waals surface area contributed by atoms with Crippen molar-refractivity contribution >= 4 is 5.69 Å². The van der Waals surface area contributed by atoms with Crippen molar-refractivity contribution in [2.24, 2.45) is 11.8 Å². The molecule has 0 bridgehead atoms. The van der Waals surface area contributed by atoms with Crippen LogP contribution in [0.2, 0.25) is 0 Å². The van der Waals surface area contributed by atoms with Gasteiger partial charge >= 0.3 is 0 Å². The van der Waals surface area contributed by atoms with Crippen LogP contribution in [0.1, 0.15) is 38.5 Å². The van der Waals surface area contributed by atoms with E-state index in [1.54, 1.807) is 0 Å². The highest BCUT2D eigenvalue weighted by Crippen LogP contribution is 2.38. The fraction of sp³-hybridized carbons (Fsp3) is 0.643. The van der Waals surface area contributed by atoms with Crippen molar-refractivity contribution < 1.29 is 5.11 Å². The molecule has 0 aromatic carbocycles. The Morgan fingerprint density at radius 2 is 2.24 bits per heavy atom. The number of aliphatic hydroxyl groups excluding tert-OH is 1. The first kappa shape index (κ1) is 12.4. The maximum atomic E-state index is 9.67. The molecule has 2 rings (SSSR count). The highest BCUT2D eigenvalue weighted by atomic mass is 16.3. The summed E-state index contributed by atoms with van der Waals surface area (Å²) >= 11 is 0. The summed E-state index contributed by atoms with van der Waals surface area (Å²) in [5.41, 5.74) is 1.90. The summed E-state index contributed by atoms with van der Waals surface area (Å²) in [6.07, 6.45) is 3.49. The van der Waals surface area contributed by atoms with Gasteiger partial charge in [-0.25, -0.2) is 0 Å². The summed E-state index contributed by atoms with van der Waals surface area (Å²) in [6.45, 7) is 5.37. The summed E-state index contributed by atoms with van der Waals surface area (Å²) in [5.74, 6) is 1.73. The van der Waals surface area contributed by atoms with E-state index in [1.807, 2.05) is 25.3 Å². The van der Waals surface area contributed by atoms with Crippen LogP contribution in [0.25, 0.3) is 0 Å². The molecule has 3 atom stereocenters. The Balaban J connectivity index is 1.96. The highest BCUT2D eigenvalue weighted by molar-refractivity contribution is 5.44. The van der Waals surface area contributed by atoms with Gasteiger partial charge in [-0.15, -0.1) is 0 Å². The van der Waals surface area contributed by atoms with Crippen LogP contribution in [0.5, 0.6) is 0 Å². The molecule has 0 amide bonds. The molecule has 17 heavy (non-hydrogen) atoms. The van der Waals surface area contributed by atoms with E-state index >= 15 is 0 Å². The lowest BCUT2D eigenvalue weighted by molar-refractivity contribution is 0.169. The quantitative estimate of drug-likeness (QED) is 0.850. The number of aromatic nitrogens is 1. The van der Waals surface area contributed by atoms with Gasteiger partial charge in [-0.05, 0) is 36.8 Å². The van der Waals surface area contributed by atoms with Crippen molar-refractivity contribution in [3.8, 4) is 0 Å². The van der Waals surface area contributed by atoms with E-state index in [0.29, 0.717) is 6.42 Å². The zero-order valence-corrected chi connectivity index (χ0v) is 10.9. The Hall–Kier alpha value is -1.09. The monoisotopic (exact) mass is 234 g/mol. The van der Waals surface area contributed by atoms with Gasteiger partial charge in [-0.3, -0.25) is 4.98 Å². The van der Waals surface area contributed by atoms with Crippen LogP contribution < -0.4 is 4.90 Å². The van der Waals surface area contributed by atoms with E-state index in [1.165, 1.54) is 6.42 Å². The first-order chi connectivity index (χ1) is 8.11. The predicted octanol–water partition coefficient (Wildman–Crippen LogP) is 2.62. The van der Waals surface area contributed by atoms with Crippen molar-refractivity contribution in [1.82, 2.24) is 4.98 Å².